The van der Waals surface area contributed by atoms with Gasteiger partial charge in [-0.2, -0.15) is 0 Å². The van der Waals surface area contributed by atoms with Crippen LogP contribution in [-0.4, -0.2) is 5.78 Å². The number of fused-ring (bicyclic) bond motifs is 1. The van der Waals surface area contributed by atoms with E-state index in [-0.39, 0.29) is 0 Å². The average molecular weight is 262 g/mol. The normalized spacial score (nSPS) is 36.7. The Morgan fingerprint density at radius 1 is 0.737 bits per heavy atom. The molecule has 0 saturated heterocycles. The molecule has 0 aromatic carbocycles. The lowest BCUT2D eigenvalue weighted by Gasteiger charge is -2.39. The molecule has 3 atom stereocenters. The van der Waals surface area contributed by atoms with E-state index in [2.05, 4.69) is 0 Å². The van der Waals surface area contributed by atoms with Gasteiger partial charge in [0.15, 0.2) is 0 Å². The lowest BCUT2D eigenvalue weighted by atomic mass is 9.66. The van der Waals surface area contributed by atoms with Crippen molar-refractivity contribution in [3.63, 3.8) is 0 Å². The Balaban J connectivity index is 1.49. The Kier molecular flexibility index (Phi) is 4.61. The van der Waals surface area contributed by atoms with Crippen LogP contribution in [0.5, 0.6) is 0 Å². The van der Waals surface area contributed by atoms with Crippen molar-refractivity contribution < 1.29 is 4.79 Å². The molecule has 0 amide bonds. The molecule has 0 heterocycles. The maximum Gasteiger partial charge on any atom is 0.136 e. The molecule has 0 N–H and O–H groups in total. The summed E-state index contributed by atoms with van der Waals surface area (Å²) in [6.45, 7) is 0. The van der Waals surface area contributed by atoms with Crippen molar-refractivity contribution in [2.24, 2.45) is 23.7 Å². The number of ketones is 1. The molecule has 3 saturated carbocycles. The third-order valence-electron chi connectivity index (χ3n) is 6.21. The molecule has 3 rings (SSSR count). The monoisotopic (exact) mass is 262 g/mol. The number of carbonyl (C=O) groups excluding carboxylic acids is 1. The smallest absolute Gasteiger partial charge is 0.136 e. The van der Waals surface area contributed by atoms with Gasteiger partial charge >= 0.3 is 0 Å². The Morgan fingerprint density at radius 3 is 2.21 bits per heavy atom. The number of carbonyl (C=O) groups is 1. The maximum atomic E-state index is 12.5. The summed E-state index contributed by atoms with van der Waals surface area (Å²) in [5.74, 6) is 3.71. The van der Waals surface area contributed by atoms with E-state index in [4.69, 9.17) is 0 Å². The standard InChI is InChI=1S/C18H30O/c19-18(12-14-6-2-1-3-7-14)17-11-10-15-8-4-5-9-16(15)13-17/h14-17H,1-13H2. The summed E-state index contributed by atoms with van der Waals surface area (Å²) in [5.41, 5.74) is 0. The van der Waals surface area contributed by atoms with E-state index >= 15 is 0 Å². The Labute approximate surface area is 118 Å². The minimum Gasteiger partial charge on any atom is -0.299 e. The van der Waals surface area contributed by atoms with E-state index < -0.39 is 0 Å². The van der Waals surface area contributed by atoms with Gasteiger partial charge in [-0.1, -0.05) is 57.8 Å². The van der Waals surface area contributed by atoms with Crippen molar-refractivity contribution in [2.45, 2.75) is 83.5 Å². The molecular formula is C18H30O. The zero-order valence-electron chi connectivity index (χ0n) is 12.4. The van der Waals surface area contributed by atoms with Gasteiger partial charge in [0.25, 0.3) is 0 Å². The molecule has 0 aromatic heterocycles. The minimum atomic E-state index is 0.446. The lowest BCUT2D eigenvalue weighted by molar-refractivity contribution is -0.126. The van der Waals surface area contributed by atoms with Crippen LogP contribution < -0.4 is 0 Å². The van der Waals surface area contributed by atoms with Gasteiger partial charge in [-0.15, -0.1) is 0 Å². The second-order valence-corrected chi connectivity index (χ2v) is 7.49. The van der Waals surface area contributed by atoms with Gasteiger partial charge in [0, 0.05) is 12.3 Å². The van der Waals surface area contributed by atoms with Gasteiger partial charge < -0.3 is 0 Å². The molecule has 0 aromatic rings. The number of hydrogen-bond acceptors (Lipinski definition) is 1. The molecule has 1 heteroatoms. The van der Waals surface area contributed by atoms with Crippen LogP contribution in [0.4, 0.5) is 0 Å². The first-order valence-corrected chi connectivity index (χ1v) is 8.85. The fourth-order valence-corrected chi connectivity index (χ4v) is 5.01. The highest BCUT2D eigenvalue weighted by molar-refractivity contribution is 5.81. The van der Waals surface area contributed by atoms with E-state index in [1.54, 1.807) is 0 Å². The Hall–Kier alpha value is -0.330. The van der Waals surface area contributed by atoms with E-state index in [0.717, 1.165) is 24.2 Å². The SMILES string of the molecule is O=C(CC1CCCCC1)C1CCC2CCCCC2C1. The molecule has 0 radical (unpaired) electrons. The maximum absolute atomic E-state index is 12.5. The second kappa shape index (κ2) is 6.41. The number of Topliss-reactive ketones (excluding diaryl/α,β-unsaturated/α-hetero) is 1. The van der Waals surface area contributed by atoms with Crippen LogP contribution in [0.3, 0.4) is 0 Å². The summed E-state index contributed by atoms with van der Waals surface area (Å²) in [4.78, 5) is 12.5. The molecule has 3 aliphatic carbocycles. The van der Waals surface area contributed by atoms with Gasteiger partial charge in [0.1, 0.15) is 5.78 Å². The Bertz CT molecular complexity index is 303. The first kappa shape index (κ1) is 13.6. The molecule has 19 heavy (non-hydrogen) atoms. The van der Waals surface area contributed by atoms with E-state index in [0.29, 0.717) is 11.7 Å². The largest absolute Gasteiger partial charge is 0.299 e. The van der Waals surface area contributed by atoms with Crippen LogP contribution in [-0.2, 0) is 4.79 Å². The average Bonchev–Trinajstić information content (AvgIpc) is 2.48. The fraction of sp³-hybridized carbons (Fsp3) is 0.944. The molecule has 0 aliphatic heterocycles. The van der Waals surface area contributed by atoms with Crippen molar-refractivity contribution in [3.05, 3.63) is 0 Å². The third-order valence-corrected chi connectivity index (χ3v) is 6.21. The highest BCUT2D eigenvalue weighted by atomic mass is 16.1. The predicted molar refractivity (Wildman–Crippen MR) is 79.0 cm³/mol. The quantitative estimate of drug-likeness (QED) is 0.689. The summed E-state index contributed by atoms with van der Waals surface area (Å²) >= 11 is 0. The van der Waals surface area contributed by atoms with Crippen molar-refractivity contribution in [1.82, 2.24) is 0 Å². The minimum absolute atomic E-state index is 0.446. The van der Waals surface area contributed by atoms with Crippen molar-refractivity contribution in [3.8, 4) is 0 Å². The predicted octanol–water partition coefficient (Wildman–Crippen LogP) is 5.13. The first-order valence-electron chi connectivity index (χ1n) is 8.85. The third kappa shape index (κ3) is 3.41. The van der Waals surface area contributed by atoms with Crippen LogP contribution >= 0.6 is 0 Å². The lowest BCUT2D eigenvalue weighted by Crippen LogP contribution is -2.32. The van der Waals surface area contributed by atoms with Crippen LogP contribution in [0.2, 0.25) is 0 Å². The zero-order chi connectivity index (χ0) is 13.1. The van der Waals surface area contributed by atoms with E-state index in [1.807, 2.05) is 0 Å². The molecule has 108 valence electrons. The van der Waals surface area contributed by atoms with Gasteiger partial charge in [-0.3, -0.25) is 4.79 Å². The summed E-state index contributed by atoms with van der Waals surface area (Å²) in [6.07, 6.45) is 17.3. The van der Waals surface area contributed by atoms with Gasteiger partial charge in [-0.25, -0.2) is 0 Å². The molecule has 3 fully saturated rings. The van der Waals surface area contributed by atoms with Crippen molar-refractivity contribution in [2.75, 3.05) is 0 Å². The molecule has 3 aliphatic rings. The highest BCUT2D eigenvalue weighted by Gasteiger charge is 2.35. The highest BCUT2D eigenvalue weighted by Crippen LogP contribution is 2.43. The van der Waals surface area contributed by atoms with Gasteiger partial charge in [0.05, 0.1) is 0 Å². The molecule has 0 bridgehead atoms. The molecule has 3 unspecified atom stereocenters. The van der Waals surface area contributed by atoms with E-state index in [1.165, 1.54) is 77.0 Å². The number of rotatable bonds is 3. The zero-order valence-corrected chi connectivity index (χ0v) is 12.4. The van der Waals surface area contributed by atoms with Crippen LogP contribution in [0.25, 0.3) is 0 Å². The van der Waals surface area contributed by atoms with Crippen molar-refractivity contribution >= 4 is 5.78 Å². The van der Waals surface area contributed by atoms with Crippen LogP contribution in [0.15, 0.2) is 0 Å². The van der Waals surface area contributed by atoms with Gasteiger partial charge in [0.2, 0.25) is 0 Å². The molecule has 1 nitrogen and oxygen atoms in total. The van der Waals surface area contributed by atoms with Crippen molar-refractivity contribution in [1.29, 1.82) is 0 Å². The summed E-state index contributed by atoms with van der Waals surface area (Å²) in [6, 6.07) is 0. The summed E-state index contributed by atoms with van der Waals surface area (Å²) in [7, 11) is 0. The fourth-order valence-electron chi connectivity index (χ4n) is 5.01. The summed E-state index contributed by atoms with van der Waals surface area (Å²) < 4.78 is 0. The number of hydrogen-bond donors (Lipinski definition) is 0. The molecular weight excluding hydrogens is 232 g/mol. The van der Waals surface area contributed by atoms with Gasteiger partial charge in [-0.05, 0) is 37.0 Å². The van der Waals surface area contributed by atoms with E-state index in [9.17, 15) is 4.79 Å². The van der Waals surface area contributed by atoms with Crippen LogP contribution in [0, 0.1) is 23.7 Å². The Morgan fingerprint density at radius 2 is 1.42 bits per heavy atom. The van der Waals surface area contributed by atoms with Crippen LogP contribution in [0.1, 0.15) is 83.5 Å². The molecule has 0 spiro atoms. The first-order chi connectivity index (χ1) is 9.33. The summed E-state index contributed by atoms with van der Waals surface area (Å²) in [5, 5.41) is 0. The second-order valence-electron chi connectivity index (χ2n) is 7.49. The topological polar surface area (TPSA) is 17.1 Å².